The third-order valence-corrected chi connectivity index (χ3v) is 7.83. The first-order chi connectivity index (χ1) is 15.2. The minimum absolute atomic E-state index is 0.0426. The number of hydrogen-bond donors (Lipinski definition) is 1. The number of sulfonamides is 1. The van der Waals surface area contributed by atoms with Crippen molar-refractivity contribution >= 4 is 15.9 Å². The predicted octanol–water partition coefficient (Wildman–Crippen LogP) is 3.81. The van der Waals surface area contributed by atoms with Crippen molar-refractivity contribution in [3.8, 4) is 11.1 Å². The van der Waals surface area contributed by atoms with Gasteiger partial charge in [0, 0.05) is 24.0 Å². The molecule has 5 rings (SSSR count). The molecule has 32 heavy (non-hydrogen) atoms. The predicted molar refractivity (Wildman–Crippen MR) is 117 cm³/mol. The summed E-state index contributed by atoms with van der Waals surface area (Å²) in [4.78, 5) is 15.4. The van der Waals surface area contributed by atoms with Crippen molar-refractivity contribution in [1.29, 1.82) is 0 Å². The molecule has 0 aromatic heterocycles. The van der Waals surface area contributed by atoms with E-state index in [1.807, 2.05) is 17.0 Å². The van der Waals surface area contributed by atoms with Gasteiger partial charge in [-0.3, -0.25) is 4.79 Å². The highest BCUT2D eigenvalue weighted by molar-refractivity contribution is 7.88. The van der Waals surface area contributed by atoms with Gasteiger partial charge in [0.15, 0.2) is 0 Å². The lowest BCUT2D eigenvalue weighted by atomic mass is 9.94. The molecule has 170 valence electrons. The van der Waals surface area contributed by atoms with Gasteiger partial charge in [-0.2, -0.15) is 0 Å². The SMILES string of the molecule is CS(=O)(=O)NC1CC2CCC(C1)N2C(=O)[C@@H]1C[C@H]1c1ccccc1-c1c(F)cccc1F. The van der Waals surface area contributed by atoms with Crippen LogP contribution >= 0.6 is 0 Å². The van der Waals surface area contributed by atoms with E-state index >= 15 is 0 Å². The molecule has 1 N–H and O–H groups in total. The standard InChI is InChI=1S/C24H26F2N2O3S/c1-32(30,31)27-14-11-15-9-10-16(12-14)28(15)24(29)20-13-19(20)17-5-2-3-6-18(17)23-21(25)7-4-8-22(23)26/h2-8,14-16,19-20,27H,9-13H2,1H3/t14?,15?,16?,19-,20+/m0/s1. The van der Waals surface area contributed by atoms with E-state index < -0.39 is 21.7 Å². The van der Waals surface area contributed by atoms with Gasteiger partial charge in [0.1, 0.15) is 11.6 Å². The molecule has 2 unspecified atom stereocenters. The van der Waals surface area contributed by atoms with Crippen molar-refractivity contribution in [3.05, 3.63) is 59.7 Å². The number of hydrogen-bond acceptors (Lipinski definition) is 3. The Kier molecular flexibility index (Phi) is 5.33. The fourth-order valence-corrected chi connectivity index (χ4v) is 6.54. The average Bonchev–Trinajstić information content (AvgIpc) is 3.46. The van der Waals surface area contributed by atoms with Gasteiger partial charge in [0.25, 0.3) is 0 Å². The Morgan fingerprint density at radius 2 is 1.59 bits per heavy atom. The Balaban J connectivity index is 1.35. The number of fused-ring (bicyclic) bond motifs is 2. The van der Waals surface area contributed by atoms with E-state index in [-0.39, 0.29) is 41.4 Å². The van der Waals surface area contributed by atoms with Crippen molar-refractivity contribution in [1.82, 2.24) is 9.62 Å². The summed E-state index contributed by atoms with van der Waals surface area (Å²) in [5.41, 5.74) is 1.26. The smallest absolute Gasteiger partial charge is 0.226 e. The molecule has 1 saturated carbocycles. The van der Waals surface area contributed by atoms with Gasteiger partial charge < -0.3 is 4.90 Å². The number of carbonyl (C=O) groups is 1. The fraction of sp³-hybridized carbons (Fsp3) is 0.458. The highest BCUT2D eigenvalue weighted by Gasteiger charge is 2.52. The summed E-state index contributed by atoms with van der Waals surface area (Å²) in [6.45, 7) is 0. The Labute approximate surface area is 186 Å². The van der Waals surface area contributed by atoms with E-state index in [0.29, 0.717) is 24.8 Å². The lowest BCUT2D eigenvalue weighted by molar-refractivity contribution is -0.137. The molecule has 2 aromatic rings. The number of amides is 1. The summed E-state index contributed by atoms with van der Waals surface area (Å²) in [6, 6.07) is 11.0. The summed E-state index contributed by atoms with van der Waals surface area (Å²) >= 11 is 0. The first kappa shape index (κ1) is 21.5. The summed E-state index contributed by atoms with van der Waals surface area (Å²) in [7, 11) is -3.28. The molecule has 3 aliphatic rings. The lowest BCUT2D eigenvalue weighted by Gasteiger charge is -2.39. The highest BCUT2D eigenvalue weighted by atomic mass is 32.2. The zero-order valence-electron chi connectivity index (χ0n) is 17.8. The average molecular weight is 461 g/mol. The van der Waals surface area contributed by atoms with Crippen LogP contribution in [0.3, 0.4) is 0 Å². The van der Waals surface area contributed by atoms with Gasteiger partial charge in [-0.1, -0.05) is 30.3 Å². The second-order valence-electron chi connectivity index (χ2n) is 9.32. The normalized spacial score (nSPS) is 29.2. The highest BCUT2D eigenvalue weighted by Crippen LogP contribution is 2.53. The van der Waals surface area contributed by atoms with Crippen LogP contribution < -0.4 is 4.72 Å². The number of carbonyl (C=O) groups excluding carboxylic acids is 1. The Hall–Kier alpha value is -2.32. The molecule has 2 aromatic carbocycles. The van der Waals surface area contributed by atoms with Gasteiger partial charge >= 0.3 is 0 Å². The van der Waals surface area contributed by atoms with E-state index in [1.54, 1.807) is 12.1 Å². The van der Waals surface area contributed by atoms with Crippen molar-refractivity contribution in [2.75, 3.05) is 6.26 Å². The minimum Gasteiger partial charge on any atom is -0.336 e. The number of piperidine rings is 1. The number of nitrogens with zero attached hydrogens (tertiary/aromatic N) is 1. The van der Waals surface area contributed by atoms with Crippen LogP contribution in [0.25, 0.3) is 11.1 Å². The number of benzene rings is 2. The maximum Gasteiger partial charge on any atom is 0.226 e. The zero-order valence-corrected chi connectivity index (χ0v) is 18.6. The van der Waals surface area contributed by atoms with Crippen LogP contribution in [0.1, 0.15) is 43.6 Å². The van der Waals surface area contributed by atoms with Crippen molar-refractivity contribution in [2.24, 2.45) is 5.92 Å². The van der Waals surface area contributed by atoms with Crippen molar-refractivity contribution < 1.29 is 22.0 Å². The topological polar surface area (TPSA) is 66.5 Å². The second-order valence-corrected chi connectivity index (χ2v) is 11.1. The summed E-state index contributed by atoms with van der Waals surface area (Å²) in [6.07, 6.45) is 4.84. The Bertz CT molecular complexity index is 1140. The Morgan fingerprint density at radius 3 is 2.22 bits per heavy atom. The molecule has 1 amide bonds. The molecule has 5 nitrogen and oxygen atoms in total. The van der Waals surface area contributed by atoms with Crippen molar-refractivity contribution in [3.63, 3.8) is 0 Å². The van der Waals surface area contributed by atoms with E-state index in [9.17, 15) is 22.0 Å². The first-order valence-corrected chi connectivity index (χ1v) is 12.9. The first-order valence-electron chi connectivity index (χ1n) is 11.1. The number of rotatable bonds is 5. The van der Waals surface area contributed by atoms with Crippen LogP contribution in [-0.2, 0) is 14.8 Å². The van der Waals surface area contributed by atoms with E-state index in [2.05, 4.69) is 4.72 Å². The molecular weight excluding hydrogens is 434 g/mol. The van der Waals surface area contributed by atoms with Crippen LogP contribution in [0, 0.1) is 17.6 Å². The van der Waals surface area contributed by atoms with Crippen LogP contribution in [0.4, 0.5) is 8.78 Å². The van der Waals surface area contributed by atoms with Crippen molar-refractivity contribution in [2.45, 2.75) is 56.1 Å². The van der Waals surface area contributed by atoms with E-state index in [1.165, 1.54) is 18.2 Å². The van der Waals surface area contributed by atoms with Crippen LogP contribution in [0.5, 0.6) is 0 Å². The maximum atomic E-state index is 14.4. The minimum atomic E-state index is -3.28. The molecule has 0 spiro atoms. The van der Waals surface area contributed by atoms with Gasteiger partial charge in [-0.15, -0.1) is 0 Å². The molecule has 1 aliphatic carbocycles. The quantitative estimate of drug-likeness (QED) is 0.738. The van der Waals surface area contributed by atoms with E-state index in [0.717, 1.165) is 24.7 Å². The molecule has 2 aliphatic heterocycles. The zero-order chi connectivity index (χ0) is 22.6. The second kappa shape index (κ2) is 7.92. The molecule has 8 heteroatoms. The molecule has 0 radical (unpaired) electrons. The lowest BCUT2D eigenvalue weighted by Crippen LogP contribution is -2.52. The van der Waals surface area contributed by atoms with E-state index in [4.69, 9.17) is 0 Å². The van der Waals surface area contributed by atoms with Crippen LogP contribution in [-0.4, -0.2) is 43.6 Å². The molecule has 4 atom stereocenters. The van der Waals surface area contributed by atoms with Crippen LogP contribution in [0.2, 0.25) is 0 Å². The van der Waals surface area contributed by atoms with Crippen LogP contribution in [0.15, 0.2) is 42.5 Å². The molecular formula is C24H26F2N2O3S. The largest absolute Gasteiger partial charge is 0.336 e. The summed E-state index contributed by atoms with van der Waals surface area (Å²) in [5.74, 6) is -1.40. The fourth-order valence-electron chi connectivity index (χ4n) is 5.74. The third-order valence-electron chi connectivity index (χ3n) is 7.07. The third kappa shape index (κ3) is 3.94. The van der Waals surface area contributed by atoms with Gasteiger partial charge in [0.05, 0.1) is 11.8 Å². The molecule has 3 fully saturated rings. The molecule has 2 heterocycles. The summed E-state index contributed by atoms with van der Waals surface area (Å²) < 4.78 is 54.8. The maximum absolute atomic E-state index is 14.4. The molecule has 2 bridgehead atoms. The van der Waals surface area contributed by atoms with Gasteiger partial charge in [-0.05, 0) is 61.3 Å². The Morgan fingerprint density at radius 1 is 0.969 bits per heavy atom. The molecule has 2 saturated heterocycles. The monoisotopic (exact) mass is 460 g/mol. The number of nitrogens with one attached hydrogen (secondary N) is 1. The summed E-state index contributed by atoms with van der Waals surface area (Å²) in [5, 5.41) is 0. The van der Waals surface area contributed by atoms with Gasteiger partial charge in [0.2, 0.25) is 15.9 Å². The van der Waals surface area contributed by atoms with Gasteiger partial charge in [-0.25, -0.2) is 21.9 Å². The number of halogens is 2.